The molecule has 0 saturated carbocycles. The van der Waals surface area contributed by atoms with Crippen LogP contribution in [0.1, 0.15) is 31.9 Å². The molecule has 100 valence electrons. The van der Waals surface area contributed by atoms with E-state index in [1.807, 2.05) is 18.2 Å². The van der Waals surface area contributed by atoms with Gasteiger partial charge in [0.15, 0.2) is 0 Å². The summed E-state index contributed by atoms with van der Waals surface area (Å²) in [5.74, 6) is 0. The third-order valence-electron chi connectivity index (χ3n) is 3.39. The van der Waals surface area contributed by atoms with Gasteiger partial charge >= 0.3 is 0 Å². The number of ether oxygens (including phenoxy) is 1. The quantitative estimate of drug-likeness (QED) is 0.916. The van der Waals surface area contributed by atoms with Crippen molar-refractivity contribution in [2.75, 3.05) is 24.6 Å². The van der Waals surface area contributed by atoms with Gasteiger partial charge in [-0.25, -0.2) is 0 Å². The topological polar surface area (TPSA) is 32.7 Å². The fourth-order valence-corrected chi connectivity index (χ4v) is 2.53. The molecule has 2 atom stereocenters. The first-order valence-corrected chi connectivity index (χ1v) is 6.83. The average Bonchev–Trinajstić information content (AvgIpc) is 2.38. The maximum Gasteiger partial charge on any atom is 0.0762 e. The zero-order valence-corrected chi connectivity index (χ0v) is 11.7. The summed E-state index contributed by atoms with van der Waals surface area (Å²) in [5, 5.41) is 10.2. The second-order valence-corrected chi connectivity index (χ2v) is 5.14. The van der Waals surface area contributed by atoms with Crippen molar-refractivity contribution >= 4 is 17.3 Å². The van der Waals surface area contributed by atoms with Crippen molar-refractivity contribution in [1.82, 2.24) is 0 Å². The number of anilines is 1. The lowest BCUT2D eigenvalue weighted by Gasteiger charge is -2.34. The lowest BCUT2D eigenvalue weighted by molar-refractivity contribution is 0.0384. The van der Waals surface area contributed by atoms with E-state index in [2.05, 4.69) is 11.8 Å². The molecule has 0 radical (unpaired) electrons. The van der Waals surface area contributed by atoms with Gasteiger partial charge in [0.25, 0.3) is 0 Å². The van der Waals surface area contributed by atoms with Crippen molar-refractivity contribution in [2.24, 2.45) is 0 Å². The van der Waals surface area contributed by atoms with Crippen LogP contribution in [0.5, 0.6) is 0 Å². The molecule has 18 heavy (non-hydrogen) atoms. The average molecular weight is 270 g/mol. The first-order chi connectivity index (χ1) is 8.61. The lowest BCUT2D eigenvalue weighted by atomic mass is 10.1. The Morgan fingerprint density at radius 1 is 1.56 bits per heavy atom. The Kier molecular flexibility index (Phi) is 4.49. The Bertz CT molecular complexity index is 409. The molecule has 1 heterocycles. The molecule has 1 aromatic rings. The summed E-state index contributed by atoms with van der Waals surface area (Å²) in [4.78, 5) is 2.26. The van der Waals surface area contributed by atoms with E-state index in [-0.39, 0.29) is 6.10 Å². The molecule has 3 nitrogen and oxygen atoms in total. The molecule has 1 N–H and O–H groups in total. The molecule has 1 aromatic carbocycles. The van der Waals surface area contributed by atoms with Crippen LogP contribution in [0.2, 0.25) is 5.02 Å². The number of hydrogen-bond donors (Lipinski definition) is 1. The van der Waals surface area contributed by atoms with E-state index in [0.29, 0.717) is 5.02 Å². The molecule has 1 aliphatic rings. The van der Waals surface area contributed by atoms with Crippen molar-refractivity contribution in [3.8, 4) is 0 Å². The molecule has 1 saturated heterocycles. The van der Waals surface area contributed by atoms with Crippen molar-refractivity contribution in [3.63, 3.8) is 0 Å². The van der Waals surface area contributed by atoms with Gasteiger partial charge in [0, 0.05) is 13.1 Å². The highest BCUT2D eigenvalue weighted by Gasteiger charge is 2.21. The summed E-state index contributed by atoms with van der Waals surface area (Å²) in [6, 6.07) is 5.77. The van der Waals surface area contributed by atoms with Crippen molar-refractivity contribution in [3.05, 3.63) is 28.8 Å². The van der Waals surface area contributed by atoms with Gasteiger partial charge in [-0.3, -0.25) is 0 Å². The highest BCUT2D eigenvalue weighted by Crippen LogP contribution is 2.30. The minimum absolute atomic E-state index is 0.284. The zero-order chi connectivity index (χ0) is 13.1. The van der Waals surface area contributed by atoms with Crippen LogP contribution in [-0.4, -0.2) is 30.9 Å². The van der Waals surface area contributed by atoms with Crippen molar-refractivity contribution in [2.45, 2.75) is 32.5 Å². The minimum Gasteiger partial charge on any atom is -0.389 e. The Hall–Kier alpha value is -0.770. The maximum absolute atomic E-state index is 9.54. The zero-order valence-electron chi connectivity index (χ0n) is 10.9. The van der Waals surface area contributed by atoms with Crippen LogP contribution >= 0.6 is 11.6 Å². The van der Waals surface area contributed by atoms with E-state index in [1.165, 1.54) is 0 Å². The summed E-state index contributed by atoms with van der Waals surface area (Å²) in [5.41, 5.74) is 1.88. The fourth-order valence-electron chi connectivity index (χ4n) is 2.22. The van der Waals surface area contributed by atoms with Gasteiger partial charge in [0.05, 0.1) is 29.5 Å². The van der Waals surface area contributed by atoms with Crippen molar-refractivity contribution in [1.29, 1.82) is 0 Å². The SMILES string of the molecule is CCC1CN(c2ccc([C@@H](C)O)cc2Cl)CCO1. The molecule has 0 aliphatic carbocycles. The van der Waals surface area contributed by atoms with E-state index in [0.717, 1.165) is 37.4 Å². The second kappa shape index (κ2) is 5.91. The molecular formula is C14H20ClNO2. The monoisotopic (exact) mass is 269 g/mol. The van der Waals surface area contributed by atoms with Crippen LogP contribution in [-0.2, 0) is 4.74 Å². The van der Waals surface area contributed by atoms with E-state index in [4.69, 9.17) is 16.3 Å². The number of hydrogen-bond acceptors (Lipinski definition) is 3. The second-order valence-electron chi connectivity index (χ2n) is 4.73. The van der Waals surface area contributed by atoms with Crippen LogP contribution in [0.25, 0.3) is 0 Å². The van der Waals surface area contributed by atoms with Gasteiger partial charge in [-0.05, 0) is 31.0 Å². The molecule has 1 fully saturated rings. The Balaban J connectivity index is 2.17. The van der Waals surface area contributed by atoms with Crippen molar-refractivity contribution < 1.29 is 9.84 Å². The summed E-state index contributed by atoms with van der Waals surface area (Å²) < 4.78 is 5.66. The van der Waals surface area contributed by atoms with E-state index in [1.54, 1.807) is 6.92 Å². The number of aliphatic hydroxyl groups excluding tert-OH is 1. The number of rotatable bonds is 3. The number of morpholine rings is 1. The van der Waals surface area contributed by atoms with E-state index < -0.39 is 6.10 Å². The minimum atomic E-state index is -0.482. The van der Waals surface area contributed by atoms with Crippen LogP contribution in [0.4, 0.5) is 5.69 Å². The normalized spacial score (nSPS) is 22.0. The van der Waals surface area contributed by atoms with Crippen LogP contribution in [0, 0.1) is 0 Å². The predicted molar refractivity (Wildman–Crippen MR) is 74.3 cm³/mol. The molecule has 4 heteroatoms. The van der Waals surface area contributed by atoms with Gasteiger partial charge in [0.2, 0.25) is 0 Å². The third-order valence-corrected chi connectivity index (χ3v) is 3.69. The van der Waals surface area contributed by atoms with Crippen LogP contribution < -0.4 is 4.90 Å². The lowest BCUT2D eigenvalue weighted by Crippen LogP contribution is -2.42. The molecular weight excluding hydrogens is 250 g/mol. The first kappa shape index (κ1) is 13.7. The molecule has 2 rings (SSSR count). The molecule has 0 spiro atoms. The summed E-state index contributed by atoms with van der Waals surface area (Å²) >= 11 is 6.30. The number of nitrogens with zero attached hydrogens (tertiary/aromatic N) is 1. The summed E-state index contributed by atoms with van der Waals surface area (Å²) in [6.07, 6.45) is 0.816. The number of aliphatic hydroxyl groups is 1. The summed E-state index contributed by atoms with van der Waals surface area (Å²) in [7, 11) is 0. The van der Waals surface area contributed by atoms with Crippen LogP contribution in [0.3, 0.4) is 0 Å². The largest absolute Gasteiger partial charge is 0.389 e. The summed E-state index contributed by atoms with van der Waals surface area (Å²) in [6.45, 7) is 6.36. The molecule has 1 aliphatic heterocycles. The Morgan fingerprint density at radius 3 is 2.94 bits per heavy atom. The Morgan fingerprint density at radius 2 is 2.33 bits per heavy atom. The smallest absolute Gasteiger partial charge is 0.0762 e. The number of benzene rings is 1. The standard InChI is InChI=1S/C14H20ClNO2/c1-3-12-9-16(6-7-18-12)14-5-4-11(10(2)17)8-13(14)15/h4-5,8,10,12,17H,3,6-7,9H2,1-2H3/t10-,12?/m1/s1. The van der Waals surface area contributed by atoms with Gasteiger partial charge in [0.1, 0.15) is 0 Å². The molecule has 0 aromatic heterocycles. The van der Waals surface area contributed by atoms with Gasteiger partial charge in [-0.2, -0.15) is 0 Å². The van der Waals surface area contributed by atoms with E-state index >= 15 is 0 Å². The first-order valence-electron chi connectivity index (χ1n) is 6.46. The molecule has 0 bridgehead atoms. The molecule has 0 amide bonds. The van der Waals surface area contributed by atoms with Gasteiger partial charge in [-0.15, -0.1) is 0 Å². The Labute approximate surface area is 113 Å². The number of halogens is 1. The van der Waals surface area contributed by atoms with Gasteiger partial charge in [-0.1, -0.05) is 24.6 Å². The van der Waals surface area contributed by atoms with Gasteiger partial charge < -0.3 is 14.7 Å². The van der Waals surface area contributed by atoms with E-state index in [9.17, 15) is 5.11 Å². The highest BCUT2D eigenvalue weighted by molar-refractivity contribution is 6.33. The van der Waals surface area contributed by atoms with Crippen LogP contribution in [0.15, 0.2) is 18.2 Å². The predicted octanol–water partition coefficient (Wildman–Crippen LogP) is 3.01. The highest BCUT2D eigenvalue weighted by atomic mass is 35.5. The third kappa shape index (κ3) is 2.97. The maximum atomic E-state index is 9.54. The fraction of sp³-hybridized carbons (Fsp3) is 0.571. The molecule has 1 unspecified atom stereocenters.